The molecule has 102 valence electrons. The monoisotopic (exact) mass is 324 g/mol. The SMILES string of the molecule is CN(C)CCCNc1cc(Br)ccc1C(F)(F)F. The lowest BCUT2D eigenvalue weighted by molar-refractivity contribution is -0.137. The third kappa shape index (κ3) is 4.86. The molecule has 0 radical (unpaired) electrons. The number of benzene rings is 1. The van der Waals surface area contributed by atoms with Gasteiger partial charge in [-0.25, -0.2) is 0 Å². The van der Waals surface area contributed by atoms with Gasteiger partial charge in [0.1, 0.15) is 0 Å². The quantitative estimate of drug-likeness (QED) is 0.828. The van der Waals surface area contributed by atoms with Crippen molar-refractivity contribution in [2.45, 2.75) is 12.6 Å². The molecule has 0 unspecified atom stereocenters. The lowest BCUT2D eigenvalue weighted by atomic mass is 10.1. The van der Waals surface area contributed by atoms with Crippen LogP contribution < -0.4 is 5.32 Å². The van der Waals surface area contributed by atoms with Crippen molar-refractivity contribution in [3.63, 3.8) is 0 Å². The molecule has 0 aliphatic heterocycles. The summed E-state index contributed by atoms with van der Waals surface area (Å²) in [5.41, 5.74) is -0.508. The molecule has 0 fully saturated rings. The zero-order valence-electron chi connectivity index (χ0n) is 10.3. The highest BCUT2D eigenvalue weighted by molar-refractivity contribution is 9.10. The molecule has 1 rings (SSSR count). The molecule has 0 heterocycles. The first-order valence-electron chi connectivity index (χ1n) is 5.56. The van der Waals surface area contributed by atoms with Crippen molar-refractivity contribution < 1.29 is 13.2 Å². The molecule has 0 bridgehead atoms. The number of halogens is 4. The molecule has 0 spiro atoms. The molecule has 6 heteroatoms. The predicted molar refractivity (Wildman–Crippen MR) is 70.8 cm³/mol. The summed E-state index contributed by atoms with van der Waals surface area (Å²) in [6, 6.07) is 3.94. The summed E-state index contributed by atoms with van der Waals surface area (Å²) < 4.78 is 38.9. The number of anilines is 1. The molecule has 0 atom stereocenters. The molecule has 18 heavy (non-hydrogen) atoms. The van der Waals surface area contributed by atoms with E-state index in [-0.39, 0.29) is 5.69 Å². The minimum atomic E-state index is -4.33. The van der Waals surface area contributed by atoms with Gasteiger partial charge in [0.05, 0.1) is 5.56 Å². The maximum absolute atomic E-state index is 12.8. The second-order valence-electron chi connectivity index (χ2n) is 4.27. The number of hydrogen-bond acceptors (Lipinski definition) is 2. The molecule has 0 aromatic heterocycles. The van der Waals surface area contributed by atoms with Gasteiger partial charge in [0.25, 0.3) is 0 Å². The van der Waals surface area contributed by atoms with Crippen molar-refractivity contribution >= 4 is 21.6 Å². The van der Waals surface area contributed by atoms with Crippen LogP contribution in [0, 0.1) is 0 Å². The number of rotatable bonds is 5. The van der Waals surface area contributed by atoms with Gasteiger partial charge < -0.3 is 10.2 Å². The minimum Gasteiger partial charge on any atom is -0.384 e. The van der Waals surface area contributed by atoms with Gasteiger partial charge >= 0.3 is 6.18 Å². The fourth-order valence-electron chi connectivity index (χ4n) is 1.53. The van der Waals surface area contributed by atoms with E-state index in [9.17, 15) is 13.2 Å². The average Bonchev–Trinajstić information content (AvgIpc) is 2.22. The zero-order chi connectivity index (χ0) is 13.8. The Morgan fingerprint density at radius 1 is 1.28 bits per heavy atom. The predicted octanol–water partition coefficient (Wildman–Crippen LogP) is 3.83. The fourth-order valence-corrected chi connectivity index (χ4v) is 1.89. The Bertz CT molecular complexity index is 391. The van der Waals surface area contributed by atoms with Gasteiger partial charge in [-0.05, 0) is 45.3 Å². The largest absolute Gasteiger partial charge is 0.418 e. The number of alkyl halides is 3. The van der Waals surface area contributed by atoms with Crippen molar-refractivity contribution in [1.29, 1.82) is 0 Å². The van der Waals surface area contributed by atoms with E-state index in [0.717, 1.165) is 19.0 Å². The van der Waals surface area contributed by atoms with Crippen LogP contribution in [0.3, 0.4) is 0 Å². The summed E-state index contributed by atoms with van der Waals surface area (Å²) in [5.74, 6) is 0. The van der Waals surface area contributed by atoms with E-state index in [1.54, 1.807) is 0 Å². The Hall–Kier alpha value is -0.750. The molecular formula is C12H16BrF3N2. The van der Waals surface area contributed by atoms with E-state index in [1.807, 2.05) is 19.0 Å². The van der Waals surface area contributed by atoms with Gasteiger partial charge in [0.2, 0.25) is 0 Å². The second-order valence-corrected chi connectivity index (χ2v) is 5.19. The summed E-state index contributed by atoms with van der Waals surface area (Å²) in [4.78, 5) is 1.99. The Balaban J connectivity index is 2.71. The number of nitrogens with one attached hydrogen (secondary N) is 1. The Morgan fingerprint density at radius 2 is 1.94 bits per heavy atom. The fraction of sp³-hybridized carbons (Fsp3) is 0.500. The molecule has 1 N–H and O–H groups in total. The average molecular weight is 325 g/mol. The highest BCUT2D eigenvalue weighted by Crippen LogP contribution is 2.36. The Labute approximate surface area is 113 Å². The lowest BCUT2D eigenvalue weighted by Crippen LogP contribution is -2.17. The van der Waals surface area contributed by atoms with Gasteiger partial charge in [-0.2, -0.15) is 13.2 Å². The van der Waals surface area contributed by atoms with Gasteiger partial charge in [0.15, 0.2) is 0 Å². The molecule has 1 aromatic rings. The standard InChI is InChI=1S/C12H16BrF3N2/c1-18(2)7-3-6-17-11-8-9(13)4-5-10(11)12(14,15)16/h4-5,8,17H,3,6-7H2,1-2H3. The molecule has 0 saturated heterocycles. The molecule has 0 saturated carbocycles. The summed E-state index contributed by atoms with van der Waals surface area (Å²) in [7, 11) is 3.86. The highest BCUT2D eigenvalue weighted by atomic mass is 79.9. The van der Waals surface area contributed by atoms with Crippen LogP contribution >= 0.6 is 15.9 Å². The Kier molecular flexibility index (Phi) is 5.47. The third-order valence-electron chi connectivity index (χ3n) is 2.38. The van der Waals surface area contributed by atoms with Crippen molar-refractivity contribution in [2.24, 2.45) is 0 Å². The first-order chi connectivity index (χ1) is 8.30. The van der Waals surface area contributed by atoms with Crippen molar-refractivity contribution in [1.82, 2.24) is 4.90 Å². The van der Waals surface area contributed by atoms with Gasteiger partial charge in [-0.1, -0.05) is 15.9 Å². The number of hydrogen-bond donors (Lipinski definition) is 1. The maximum Gasteiger partial charge on any atom is 0.418 e. The van der Waals surface area contributed by atoms with Gasteiger partial charge in [-0.3, -0.25) is 0 Å². The zero-order valence-corrected chi connectivity index (χ0v) is 11.9. The van der Waals surface area contributed by atoms with Crippen LogP contribution in [0.1, 0.15) is 12.0 Å². The third-order valence-corrected chi connectivity index (χ3v) is 2.88. The van der Waals surface area contributed by atoms with Crippen LogP contribution in [0.15, 0.2) is 22.7 Å². The number of nitrogens with zero attached hydrogens (tertiary/aromatic N) is 1. The summed E-state index contributed by atoms with van der Waals surface area (Å²) >= 11 is 3.18. The van der Waals surface area contributed by atoms with Crippen LogP contribution in [-0.4, -0.2) is 32.1 Å². The molecule has 0 amide bonds. The summed E-state index contributed by atoms with van der Waals surface area (Å²) in [6.45, 7) is 1.35. The van der Waals surface area contributed by atoms with E-state index < -0.39 is 11.7 Å². The minimum absolute atomic E-state index is 0.121. The van der Waals surface area contributed by atoms with Crippen LogP contribution in [0.5, 0.6) is 0 Å². The van der Waals surface area contributed by atoms with Crippen LogP contribution in [0.25, 0.3) is 0 Å². The normalized spacial score (nSPS) is 11.9. The maximum atomic E-state index is 12.8. The summed E-state index contributed by atoms with van der Waals surface area (Å²) in [6.07, 6.45) is -3.54. The molecular weight excluding hydrogens is 309 g/mol. The first-order valence-corrected chi connectivity index (χ1v) is 6.35. The smallest absolute Gasteiger partial charge is 0.384 e. The van der Waals surface area contributed by atoms with E-state index in [1.165, 1.54) is 12.1 Å². The second kappa shape index (κ2) is 6.43. The van der Waals surface area contributed by atoms with E-state index >= 15 is 0 Å². The van der Waals surface area contributed by atoms with Crippen LogP contribution in [0.4, 0.5) is 18.9 Å². The topological polar surface area (TPSA) is 15.3 Å². The summed E-state index contributed by atoms with van der Waals surface area (Å²) in [5, 5.41) is 2.84. The van der Waals surface area contributed by atoms with E-state index in [4.69, 9.17) is 0 Å². The van der Waals surface area contributed by atoms with Crippen molar-refractivity contribution in [3.8, 4) is 0 Å². The van der Waals surface area contributed by atoms with Crippen molar-refractivity contribution in [2.75, 3.05) is 32.5 Å². The van der Waals surface area contributed by atoms with E-state index in [2.05, 4.69) is 21.2 Å². The van der Waals surface area contributed by atoms with E-state index in [0.29, 0.717) is 11.0 Å². The first kappa shape index (κ1) is 15.3. The van der Waals surface area contributed by atoms with Crippen molar-refractivity contribution in [3.05, 3.63) is 28.2 Å². The molecule has 2 nitrogen and oxygen atoms in total. The molecule has 1 aromatic carbocycles. The highest BCUT2D eigenvalue weighted by Gasteiger charge is 2.33. The molecule has 0 aliphatic carbocycles. The van der Waals surface area contributed by atoms with Gasteiger partial charge in [0, 0.05) is 16.7 Å². The molecule has 0 aliphatic rings. The van der Waals surface area contributed by atoms with Crippen LogP contribution in [-0.2, 0) is 6.18 Å². The lowest BCUT2D eigenvalue weighted by Gasteiger charge is -2.16. The van der Waals surface area contributed by atoms with Crippen LogP contribution in [0.2, 0.25) is 0 Å². The Morgan fingerprint density at radius 3 is 2.50 bits per heavy atom. The van der Waals surface area contributed by atoms with Gasteiger partial charge in [-0.15, -0.1) is 0 Å².